The Labute approximate surface area is 135 Å². The van der Waals surface area contributed by atoms with Crippen LogP contribution in [0.2, 0.25) is 0 Å². The molecule has 4 nitrogen and oxygen atoms in total. The van der Waals surface area contributed by atoms with Gasteiger partial charge in [-0.15, -0.1) is 0 Å². The van der Waals surface area contributed by atoms with Gasteiger partial charge < -0.3 is 4.74 Å². The van der Waals surface area contributed by atoms with Crippen LogP contribution in [0.25, 0.3) is 0 Å². The van der Waals surface area contributed by atoms with Crippen LogP contribution in [-0.4, -0.2) is 15.6 Å². The van der Waals surface area contributed by atoms with Crippen molar-refractivity contribution in [2.24, 2.45) is 7.05 Å². The molecule has 0 radical (unpaired) electrons. The molecule has 0 aliphatic heterocycles. The van der Waals surface area contributed by atoms with E-state index in [0.29, 0.717) is 29.3 Å². The summed E-state index contributed by atoms with van der Waals surface area (Å²) in [5, 5.41) is 4.25. The Morgan fingerprint density at radius 2 is 1.95 bits per heavy atom. The number of aromatic nitrogens is 2. The average molecular weight is 267 g/mol. The molecule has 1 aromatic carbocycles. The van der Waals surface area contributed by atoms with Gasteiger partial charge in [-0.2, -0.15) is 5.10 Å². The maximum atomic E-state index is 11.9. The SMILES string of the molecule is CCC(=O)c1c(C)nn(C)c1Oc1ccccc1.[Na+]. The molecule has 0 aliphatic rings. The van der Waals surface area contributed by atoms with Crippen LogP contribution in [-0.2, 0) is 7.05 Å². The summed E-state index contributed by atoms with van der Waals surface area (Å²) in [5.41, 5.74) is 1.28. The molecule has 0 saturated carbocycles. The Hall–Kier alpha value is -1.10. The minimum Gasteiger partial charge on any atom is -0.439 e. The van der Waals surface area contributed by atoms with E-state index in [1.54, 1.807) is 11.7 Å². The van der Waals surface area contributed by atoms with Crippen LogP contribution in [0.3, 0.4) is 0 Å². The number of aryl methyl sites for hydroxylation is 2. The summed E-state index contributed by atoms with van der Waals surface area (Å²) >= 11 is 0. The molecule has 94 valence electrons. The summed E-state index contributed by atoms with van der Waals surface area (Å²) in [4.78, 5) is 11.9. The van der Waals surface area contributed by atoms with Gasteiger partial charge in [0.1, 0.15) is 11.3 Å². The molecule has 0 amide bonds. The Bertz CT molecular complexity index is 564. The number of hydrogen-bond donors (Lipinski definition) is 0. The molecule has 2 rings (SSSR count). The average Bonchev–Trinajstić information content (AvgIpc) is 2.65. The normalized spacial score (nSPS) is 9.84. The minimum atomic E-state index is 0. The second-order valence-corrected chi connectivity index (χ2v) is 4.08. The minimum absolute atomic E-state index is 0. The molecule has 0 atom stereocenters. The number of ether oxygens (including phenoxy) is 1. The smallest absolute Gasteiger partial charge is 0.439 e. The third kappa shape index (κ3) is 3.47. The number of hydrogen-bond acceptors (Lipinski definition) is 3. The standard InChI is InChI=1S/C14H16N2O2.Na/c1-4-12(17)13-10(2)15-16(3)14(13)18-11-8-6-5-7-9-11;/h5-9H,4H2,1-3H3;/q;+1. The zero-order valence-corrected chi connectivity index (χ0v) is 13.8. The van der Waals surface area contributed by atoms with E-state index in [-0.39, 0.29) is 35.3 Å². The van der Waals surface area contributed by atoms with Gasteiger partial charge in [-0.1, -0.05) is 25.1 Å². The van der Waals surface area contributed by atoms with Crippen LogP contribution in [0.5, 0.6) is 11.6 Å². The molecule has 1 aromatic heterocycles. The van der Waals surface area contributed by atoms with Crippen LogP contribution in [0.4, 0.5) is 0 Å². The van der Waals surface area contributed by atoms with Gasteiger partial charge in [0.15, 0.2) is 5.78 Å². The quantitative estimate of drug-likeness (QED) is 0.584. The first kappa shape index (κ1) is 16.0. The largest absolute Gasteiger partial charge is 1.00 e. The van der Waals surface area contributed by atoms with Crippen LogP contribution in [0.1, 0.15) is 29.4 Å². The number of ketones is 1. The second kappa shape index (κ2) is 6.89. The van der Waals surface area contributed by atoms with Crippen LogP contribution >= 0.6 is 0 Å². The Kier molecular flexibility index (Phi) is 5.79. The first-order valence-electron chi connectivity index (χ1n) is 5.93. The molecule has 0 bridgehead atoms. The van der Waals surface area contributed by atoms with E-state index in [2.05, 4.69) is 5.10 Å². The molecule has 19 heavy (non-hydrogen) atoms. The third-order valence-corrected chi connectivity index (χ3v) is 2.73. The van der Waals surface area contributed by atoms with Crippen LogP contribution in [0, 0.1) is 6.92 Å². The number of Topliss-reactive ketones (excluding diaryl/α,β-unsaturated/α-hetero) is 1. The molecular weight excluding hydrogens is 251 g/mol. The molecule has 2 aromatic rings. The molecule has 5 heteroatoms. The van der Waals surface area contributed by atoms with Crippen molar-refractivity contribution in [2.75, 3.05) is 0 Å². The summed E-state index contributed by atoms with van der Waals surface area (Å²) in [7, 11) is 1.78. The van der Waals surface area contributed by atoms with Crippen molar-refractivity contribution in [3.63, 3.8) is 0 Å². The van der Waals surface area contributed by atoms with E-state index < -0.39 is 0 Å². The molecular formula is C14H16N2NaO2+. The number of rotatable bonds is 4. The van der Waals surface area contributed by atoms with Gasteiger partial charge in [-0.25, -0.2) is 4.68 Å². The van der Waals surface area contributed by atoms with Crippen molar-refractivity contribution in [3.05, 3.63) is 41.6 Å². The van der Waals surface area contributed by atoms with Gasteiger partial charge in [0.05, 0.1) is 5.69 Å². The molecule has 0 fully saturated rings. The fourth-order valence-electron chi connectivity index (χ4n) is 1.85. The van der Waals surface area contributed by atoms with Crippen LogP contribution < -0.4 is 34.3 Å². The van der Waals surface area contributed by atoms with E-state index in [0.717, 1.165) is 0 Å². The zero-order chi connectivity index (χ0) is 13.1. The topological polar surface area (TPSA) is 44.1 Å². The van der Waals surface area contributed by atoms with Gasteiger partial charge in [0.2, 0.25) is 5.88 Å². The van der Waals surface area contributed by atoms with Crippen molar-refractivity contribution >= 4 is 5.78 Å². The number of carbonyl (C=O) groups is 1. The predicted octanol–water partition coefficient (Wildman–Crippen LogP) is 0.118. The number of carbonyl (C=O) groups excluding carboxylic acids is 1. The van der Waals surface area contributed by atoms with Gasteiger partial charge >= 0.3 is 29.6 Å². The Morgan fingerprint density at radius 3 is 2.53 bits per heavy atom. The van der Waals surface area contributed by atoms with Gasteiger partial charge in [-0.3, -0.25) is 4.79 Å². The number of benzene rings is 1. The second-order valence-electron chi connectivity index (χ2n) is 4.08. The maximum Gasteiger partial charge on any atom is 1.00 e. The van der Waals surface area contributed by atoms with Crippen molar-refractivity contribution in [1.82, 2.24) is 9.78 Å². The molecule has 0 N–H and O–H groups in total. The summed E-state index contributed by atoms with van der Waals surface area (Å²) in [5.74, 6) is 1.25. The fraction of sp³-hybridized carbons (Fsp3) is 0.286. The fourth-order valence-corrected chi connectivity index (χ4v) is 1.85. The van der Waals surface area contributed by atoms with E-state index >= 15 is 0 Å². The number of para-hydroxylation sites is 1. The molecule has 1 heterocycles. The summed E-state index contributed by atoms with van der Waals surface area (Å²) < 4.78 is 7.37. The first-order chi connectivity index (χ1) is 8.63. The van der Waals surface area contributed by atoms with Gasteiger partial charge in [0, 0.05) is 13.5 Å². The third-order valence-electron chi connectivity index (χ3n) is 2.73. The van der Waals surface area contributed by atoms with Crippen molar-refractivity contribution in [3.8, 4) is 11.6 Å². The zero-order valence-electron chi connectivity index (χ0n) is 11.8. The Morgan fingerprint density at radius 1 is 1.32 bits per heavy atom. The number of nitrogens with zero attached hydrogens (tertiary/aromatic N) is 2. The van der Waals surface area contributed by atoms with E-state index in [1.807, 2.05) is 44.2 Å². The van der Waals surface area contributed by atoms with Crippen molar-refractivity contribution in [1.29, 1.82) is 0 Å². The first-order valence-corrected chi connectivity index (χ1v) is 5.93. The van der Waals surface area contributed by atoms with Crippen molar-refractivity contribution < 1.29 is 39.1 Å². The van der Waals surface area contributed by atoms with E-state index in [1.165, 1.54) is 0 Å². The van der Waals surface area contributed by atoms with E-state index in [9.17, 15) is 4.79 Å². The molecule has 0 saturated heterocycles. The maximum absolute atomic E-state index is 11.9. The molecule has 0 unspecified atom stereocenters. The van der Waals surface area contributed by atoms with Gasteiger partial charge in [-0.05, 0) is 19.1 Å². The van der Waals surface area contributed by atoms with Gasteiger partial charge in [0.25, 0.3) is 0 Å². The molecule has 0 spiro atoms. The van der Waals surface area contributed by atoms with Crippen molar-refractivity contribution in [2.45, 2.75) is 20.3 Å². The van der Waals surface area contributed by atoms with Crippen LogP contribution in [0.15, 0.2) is 30.3 Å². The summed E-state index contributed by atoms with van der Waals surface area (Å²) in [6.07, 6.45) is 0.442. The Balaban J connectivity index is 0.00000180. The monoisotopic (exact) mass is 267 g/mol. The van der Waals surface area contributed by atoms with E-state index in [4.69, 9.17) is 4.74 Å². The predicted molar refractivity (Wildman–Crippen MR) is 69.1 cm³/mol. The summed E-state index contributed by atoms with van der Waals surface area (Å²) in [6, 6.07) is 9.39. The molecule has 0 aliphatic carbocycles. The summed E-state index contributed by atoms with van der Waals surface area (Å²) in [6.45, 7) is 3.65.